The summed E-state index contributed by atoms with van der Waals surface area (Å²) in [5.74, 6) is 1.92. The second kappa shape index (κ2) is 7.64. The Morgan fingerprint density at radius 2 is 1.61 bits per heavy atom. The van der Waals surface area contributed by atoms with E-state index >= 15 is 0 Å². The number of aromatic nitrogens is 2. The van der Waals surface area contributed by atoms with Gasteiger partial charge in [-0.1, -0.05) is 23.2 Å². The number of aryl methyl sites for hydroxylation is 1. The number of nitrogens with zero attached hydrogens (tertiary/aromatic N) is 3. The average Bonchev–Trinajstić information content (AvgIpc) is 3.22. The van der Waals surface area contributed by atoms with E-state index in [0.29, 0.717) is 32.8 Å². The highest BCUT2D eigenvalue weighted by atomic mass is 35.5. The van der Waals surface area contributed by atoms with E-state index in [9.17, 15) is 0 Å². The molecule has 1 aromatic carbocycles. The van der Waals surface area contributed by atoms with Crippen LogP contribution in [-0.4, -0.2) is 37.3 Å². The van der Waals surface area contributed by atoms with Crippen molar-refractivity contribution in [3.63, 3.8) is 0 Å². The minimum atomic E-state index is 0.410. The summed E-state index contributed by atoms with van der Waals surface area (Å²) in [4.78, 5) is 11.8. The SMILES string of the molecule is COc1cc(OC)c(Cl)c(-c2cc3cnc(C)cc3c(N3CCCC3)n2)c1Cl. The van der Waals surface area contributed by atoms with E-state index in [1.165, 1.54) is 0 Å². The van der Waals surface area contributed by atoms with Gasteiger partial charge in [0.15, 0.2) is 0 Å². The predicted octanol–water partition coefficient (Wildman–Crippen LogP) is 5.53. The number of pyridine rings is 2. The van der Waals surface area contributed by atoms with Crippen molar-refractivity contribution in [2.24, 2.45) is 0 Å². The summed E-state index contributed by atoms with van der Waals surface area (Å²) in [5, 5.41) is 2.90. The van der Waals surface area contributed by atoms with E-state index < -0.39 is 0 Å². The van der Waals surface area contributed by atoms with Crippen LogP contribution in [0.15, 0.2) is 24.4 Å². The van der Waals surface area contributed by atoms with Crippen molar-refractivity contribution in [3.8, 4) is 22.8 Å². The molecule has 1 aliphatic heterocycles. The first-order chi connectivity index (χ1) is 13.5. The lowest BCUT2D eigenvalue weighted by Gasteiger charge is -2.21. The van der Waals surface area contributed by atoms with E-state index in [2.05, 4.69) is 16.0 Å². The summed E-state index contributed by atoms with van der Waals surface area (Å²) in [6.45, 7) is 3.95. The van der Waals surface area contributed by atoms with Gasteiger partial charge in [-0.05, 0) is 31.9 Å². The Kier molecular flexibility index (Phi) is 5.21. The Labute approximate surface area is 174 Å². The highest BCUT2D eigenvalue weighted by Crippen LogP contribution is 2.46. The van der Waals surface area contributed by atoms with Crippen LogP contribution in [0.2, 0.25) is 10.0 Å². The molecule has 0 radical (unpaired) electrons. The Balaban J connectivity index is 2.01. The van der Waals surface area contributed by atoms with Crippen LogP contribution in [-0.2, 0) is 0 Å². The van der Waals surface area contributed by atoms with Crippen LogP contribution in [0.3, 0.4) is 0 Å². The minimum absolute atomic E-state index is 0.410. The molecule has 0 amide bonds. The lowest BCUT2D eigenvalue weighted by molar-refractivity contribution is 0.395. The molecule has 1 saturated heterocycles. The summed E-state index contributed by atoms with van der Waals surface area (Å²) < 4.78 is 10.8. The molecule has 0 saturated carbocycles. The van der Waals surface area contributed by atoms with E-state index in [1.807, 2.05) is 19.2 Å². The number of fused-ring (bicyclic) bond motifs is 1. The third kappa shape index (κ3) is 3.23. The maximum atomic E-state index is 6.63. The monoisotopic (exact) mass is 417 g/mol. The summed E-state index contributed by atoms with van der Waals surface area (Å²) in [6.07, 6.45) is 4.19. The van der Waals surface area contributed by atoms with Crippen LogP contribution in [0.5, 0.6) is 11.5 Å². The van der Waals surface area contributed by atoms with E-state index in [1.54, 1.807) is 20.3 Å². The normalized spacial score (nSPS) is 14.0. The molecule has 28 heavy (non-hydrogen) atoms. The standard InChI is InChI=1S/C21H21Cl2N3O2/c1-12-8-14-13(11-24-12)9-15(25-21(14)26-6-4-5-7-26)18-19(22)16(27-2)10-17(28-3)20(18)23/h8-11H,4-7H2,1-3H3. The van der Waals surface area contributed by atoms with Gasteiger partial charge in [0.05, 0.1) is 30.0 Å². The van der Waals surface area contributed by atoms with E-state index in [-0.39, 0.29) is 0 Å². The molecular weight excluding hydrogens is 397 g/mol. The van der Waals surface area contributed by atoms with Gasteiger partial charge in [0.1, 0.15) is 17.3 Å². The maximum Gasteiger partial charge on any atom is 0.141 e. The zero-order chi connectivity index (χ0) is 19.8. The maximum absolute atomic E-state index is 6.63. The second-order valence-corrected chi connectivity index (χ2v) is 7.61. The highest BCUT2D eigenvalue weighted by molar-refractivity contribution is 6.41. The molecule has 0 aliphatic carbocycles. The summed E-state index contributed by atoms with van der Waals surface area (Å²) in [7, 11) is 3.13. The smallest absolute Gasteiger partial charge is 0.141 e. The van der Waals surface area contributed by atoms with Gasteiger partial charge in [-0.3, -0.25) is 4.98 Å². The van der Waals surface area contributed by atoms with Crippen molar-refractivity contribution in [1.29, 1.82) is 0 Å². The van der Waals surface area contributed by atoms with Crippen molar-refractivity contribution in [2.75, 3.05) is 32.2 Å². The van der Waals surface area contributed by atoms with Gasteiger partial charge >= 0.3 is 0 Å². The lowest BCUT2D eigenvalue weighted by atomic mass is 10.1. The molecular formula is C21H21Cl2N3O2. The van der Waals surface area contributed by atoms with Gasteiger partial charge in [0, 0.05) is 47.4 Å². The molecule has 5 nitrogen and oxygen atoms in total. The van der Waals surface area contributed by atoms with Crippen molar-refractivity contribution in [2.45, 2.75) is 19.8 Å². The van der Waals surface area contributed by atoms with Crippen molar-refractivity contribution in [1.82, 2.24) is 9.97 Å². The molecule has 1 fully saturated rings. The van der Waals surface area contributed by atoms with Crippen LogP contribution in [0.4, 0.5) is 5.82 Å². The van der Waals surface area contributed by atoms with Gasteiger partial charge in [-0.25, -0.2) is 4.98 Å². The predicted molar refractivity (Wildman–Crippen MR) is 114 cm³/mol. The van der Waals surface area contributed by atoms with Crippen molar-refractivity contribution >= 4 is 39.8 Å². The Bertz CT molecular complexity index is 1020. The summed E-state index contributed by atoms with van der Waals surface area (Å²) >= 11 is 13.3. The largest absolute Gasteiger partial charge is 0.495 e. The fourth-order valence-electron chi connectivity index (χ4n) is 3.64. The molecule has 0 atom stereocenters. The molecule has 146 valence electrons. The third-order valence-corrected chi connectivity index (χ3v) is 5.82. The first kappa shape index (κ1) is 19.1. The zero-order valence-electron chi connectivity index (χ0n) is 16.1. The molecule has 0 spiro atoms. The average molecular weight is 418 g/mol. The number of halogens is 2. The van der Waals surface area contributed by atoms with Crippen LogP contribution >= 0.6 is 23.2 Å². The fourth-order valence-corrected chi connectivity index (χ4v) is 4.34. The number of hydrogen-bond donors (Lipinski definition) is 0. The number of hydrogen-bond acceptors (Lipinski definition) is 5. The fraction of sp³-hybridized carbons (Fsp3) is 0.333. The number of rotatable bonds is 4. The van der Waals surface area contributed by atoms with Crippen LogP contribution < -0.4 is 14.4 Å². The van der Waals surface area contributed by atoms with E-state index in [0.717, 1.165) is 48.2 Å². The first-order valence-corrected chi connectivity index (χ1v) is 9.91. The Morgan fingerprint density at radius 3 is 2.21 bits per heavy atom. The number of ether oxygens (including phenoxy) is 2. The zero-order valence-corrected chi connectivity index (χ0v) is 17.6. The van der Waals surface area contributed by atoms with Crippen molar-refractivity contribution < 1.29 is 9.47 Å². The van der Waals surface area contributed by atoms with E-state index in [4.69, 9.17) is 37.7 Å². The minimum Gasteiger partial charge on any atom is -0.495 e. The quantitative estimate of drug-likeness (QED) is 0.558. The number of benzene rings is 1. The molecule has 3 heterocycles. The molecule has 0 N–H and O–H groups in total. The first-order valence-electron chi connectivity index (χ1n) is 9.16. The Morgan fingerprint density at radius 1 is 0.964 bits per heavy atom. The Hall–Kier alpha value is -2.24. The van der Waals surface area contributed by atoms with Crippen LogP contribution in [0, 0.1) is 6.92 Å². The molecule has 4 rings (SSSR count). The number of methoxy groups -OCH3 is 2. The molecule has 0 unspecified atom stereocenters. The van der Waals surface area contributed by atoms with Crippen LogP contribution in [0.25, 0.3) is 22.0 Å². The van der Waals surface area contributed by atoms with Gasteiger partial charge in [-0.15, -0.1) is 0 Å². The molecule has 2 aromatic heterocycles. The molecule has 3 aromatic rings. The van der Waals surface area contributed by atoms with Gasteiger partial charge < -0.3 is 14.4 Å². The third-order valence-electron chi connectivity index (χ3n) is 5.07. The molecule has 1 aliphatic rings. The summed E-state index contributed by atoms with van der Waals surface area (Å²) in [5.41, 5.74) is 2.23. The van der Waals surface area contributed by atoms with Gasteiger partial charge in [-0.2, -0.15) is 0 Å². The summed E-state index contributed by atoms with van der Waals surface area (Å²) in [6, 6.07) is 5.73. The van der Waals surface area contributed by atoms with Crippen molar-refractivity contribution in [3.05, 3.63) is 40.1 Å². The molecule has 0 bridgehead atoms. The number of anilines is 1. The lowest BCUT2D eigenvalue weighted by Crippen LogP contribution is -2.19. The molecule has 7 heteroatoms. The second-order valence-electron chi connectivity index (χ2n) is 6.86. The topological polar surface area (TPSA) is 47.5 Å². The highest BCUT2D eigenvalue weighted by Gasteiger charge is 2.23. The van der Waals surface area contributed by atoms with Gasteiger partial charge in [0.25, 0.3) is 0 Å². The van der Waals surface area contributed by atoms with Gasteiger partial charge in [0.2, 0.25) is 0 Å². The van der Waals surface area contributed by atoms with Crippen LogP contribution in [0.1, 0.15) is 18.5 Å².